The number of hydrogen-bond acceptors (Lipinski definition) is 7. The van der Waals surface area contributed by atoms with Crippen LogP contribution in [-0.2, 0) is 9.53 Å². The van der Waals surface area contributed by atoms with E-state index in [2.05, 4.69) is 5.32 Å². The van der Waals surface area contributed by atoms with E-state index in [9.17, 15) is 19.7 Å². The van der Waals surface area contributed by atoms with Gasteiger partial charge in [-0.25, -0.2) is 4.79 Å². The van der Waals surface area contributed by atoms with Gasteiger partial charge in [0.15, 0.2) is 0 Å². The van der Waals surface area contributed by atoms with Gasteiger partial charge in [0.2, 0.25) is 6.10 Å². The Labute approximate surface area is 148 Å². The van der Waals surface area contributed by atoms with Gasteiger partial charge in [0.25, 0.3) is 11.6 Å². The maximum atomic E-state index is 12.5. The summed E-state index contributed by atoms with van der Waals surface area (Å²) in [4.78, 5) is 34.5. The number of primary amides is 1. The average Bonchev–Trinajstić information content (AvgIpc) is 2.64. The molecule has 0 radical (unpaired) electrons. The lowest BCUT2D eigenvalue weighted by Gasteiger charge is -2.17. The first kappa shape index (κ1) is 18.9. The summed E-state index contributed by atoms with van der Waals surface area (Å²) in [7, 11) is 0. The third kappa shape index (κ3) is 4.54. The zero-order chi connectivity index (χ0) is 19.1. The number of nitrogens with one attached hydrogen (secondary N) is 1. The predicted molar refractivity (Wildman–Crippen MR) is 92.5 cm³/mol. The van der Waals surface area contributed by atoms with Gasteiger partial charge in [-0.3, -0.25) is 14.9 Å². The highest BCUT2D eigenvalue weighted by Crippen LogP contribution is 2.26. The lowest BCUT2D eigenvalue weighted by molar-refractivity contribution is -0.384. The van der Waals surface area contributed by atoms with E-state index in [4.69, 9.17) is 15.6 Å². The predicted octanol–water partition coefficient (Wildman–Crippen LogP) is 1.38. The Hall–Kier alpha value is -3.46. The first-order valence-electron chi connectivity index (χ1n) is 7.62. The Morgan fingerprint density at radius 1 is 1.23 bits per heavy atom. The summed E-state index contributed by atoms with van der Waals surface area (Å²) >= 11 is 0. The van der Waals surface area contributed by atoms with Crippen molar-refractivity contribution in [1.82, 2.24) is 0 Å². The topological polar surface area (TPSA) is 145 Å². The summed E-state index contributed by atoms with van der Waals surface area (Å²) in [6, 6.07) is 11.7. The summed E-state index contributed by atoms with van der Waals surface area (Å²) in [6.07, 6.45) is -1.34. The number of nitro groups is 1. The van der Waals surface area contributed by atoms with Crippen LogP contribution in [0, 0.1) is 10.1 Å². The zero-order valence-electron chi connectivity index (χ0n) is 13.6. The molecule has 1 amide bonds. The van der Waals surface area contributed by atoms with Crippen LogP contribution >= 0.6 is 0 Å². The molecule has 9 nitrogen and oxygen atoms in total. The Balaban J connectivity index is 2.35. The molecular weight excluding hydrogens is 342 g/mol. The molecule has 0 saturated carbocycles. The minimum absolute atomic E-state index is 0.121. The van der Waals surface area contributed by atoms with Gasteiger partial charge in [-0.2, -0.15) is 0 Å². The van der Waals surface area contributed by atoms with Crippen LogP contribution in [0.4, 0.5) is 11.4 Å². The molecule has 0 saturated heterocycles. The van der Waals surface area contributed by atoms with Crippen molar-refractivity contribution in [2.45, 2.75) is 6.10 Å². The fourth-order valence-corrected chi connectivity index (χ4v) is 2.25. The van der Waals surface area contributed by atoms with Crippen LogP contribution in [-0.4, -0.2) is 35.1 Å². The normalized spacial score (nSPS) is 11.4. The molecule has 0 aliphatic rings. The van der Waals surface area contributed by atoms with E-state index in [1.807, 2.05) is 0 Å². The number of rotatable bonds is 8. The molecule has 0 aromatic heterocycles. The van der Waals surface area contributed by atoms with Crippen molar-refractivity contribution in [3.63, 3.8) is 0 Å². The van der Waals surface area contributed by atoms with E-state index in [0.717, 1.165) is 6.07 Å². The minimum atomic E-state index is -1.34. The van der Waals surface area contributed by atoms with Crippen LogP contribution in [0.1, 0.15) is 22.0 Å². The number of aliphatic hydroxyl groups excluding tert-OH is 1. The number of benzene rings is 2. The van der Waals surface area contributed by atoms with Gasteiger partial charge < -0.3 is 20.9 Å². The number of ether oxygens (including phenoxy) is 1. The molecular formula is C17H17N3O6. The fourth-order valence-electron chi connectivity index (χ4n) is 2.25. The van der Waals surface area contributed by atoms with E-state index in [0.29, 0.717) is 5.56 Å². The summed E-state index contributed by atoms with van der Waals surface area (Å²) in [5.41, 5.74) is 5.46. The second kappa shape index (κ2) is 8.58. The van der Waals surface area contributed by atoms with E-state index in [1.54, 1.807) is 30.3 Å². The molecule has 0 heterocycles. The monoisotopic (exact) mass is 359 g/mol. The van der Waals surface area contributed by atoms with Crippen molar-refractivity contribution in [2.24, 2.45) is 5.73 Å². The molecule has 26 heavy (non-hydrogen) atoms. The SMILES string of the molecule is NC(=O)[C@H](OC(=O)c1cc([N+](=O)[O-])ccc1NCCO)c1ccccc1. The highest BCUT2D eigenvalue weighted by atomic mass is 16.6. The van der Waals surface area contributed by atoms with E-state index in [1.165, 1.54) is 12.1 Å². The maximum Gasteiger partial charge on any atom is 0.341 e. The largest absolute Gasteiger partial charge is 0.444 e. The number of anilines is 1. The smallest absolute Gasteiger partial charge is 0.341 e. The van der Waals surface area contributed by atoms with Crippen molar-refractivity contribution in [1.29, 1.82) is 0 Å². The molecule has 0 bridgehead atoms. The third-order valence-corrected chi connectivity index (χ3v) is 3.45. The molecule has 2 rings (SSSR count). The highest BCUT2D eigenvalue weighted by Gasteiger charge is 2.26. The summed E-state index contributed by atoms with van der Waals surface area (Å²) in [5.74, 6) is -1.83. The van der Waals surface area contributed by atoms with Crippen LogP contribution in [0.3, 0.4) is 0 Å². The van der Waals surface area contributed by atoms with Crippen molar-refractivity contribution < 1.29 is 24.4 Å². The van der Waals surface area contributed by atoms with Crippen molar-refractivity contribution in [3.8, 4) is 0 Å². The number of hydrogen-bond donors (Lipinski definition) is 3. The van der Waals surface area contributed by atoms with Crippen LogP contribution in [0.5, 0.6) is 0 Å². The molecule has 0 aliphatic carbocycles. The summed E-state index contributed by atoms with van der Waals surface area (Å²) in [6.45, 7) is -0.0879. The number of amides is 1. The van der Waals surface area contributed by atoms with Crippen LogP contribution in [0.15, 0.2) is 48.5 Å². The molecule has 2 aromatic carbocycles. The van der Waals surface area contributed by atoms with Gasteiger partial charge in [-0.05, 0) is 6.07 Å². The average molecular weight is 359 g/mol. The molecule has 136 valence electrons. The van der Waals surface area contributed by atoms with Gasteiger partial charge in [-0.15, -0.1) is 0 Å². The number of carbonyl (C=O) groups excluding carboxylic acids is 2. The molecule has 0 unspecified atom stereocenters. The second-order valence-electron chi connectivity index (χ2n) is 5.24. The van der Waals surface area contributed by atoms with Gasteiger partial charge >= 0.3 is 5.97 Å². The number of non-ortho nitro benzene ring substituents is 1. The van der Waals surface area contributed by atoms with Crippen molar-refractivity contribution >= 4 is 23.3 Å². The standard InChI is InChI=1S/C17H17N3O6/c18-16(22)15(11-4-2-1-3-5-11)26-17(23)13-10-12(20(24)25)6-7-14(13)19-8-9-21/h1-7,10,15,19,21H,8-9H2,(H2,18,22)/t15-/m1/s1. The Morgan fingerprint density at radius 2 is 1.92 bits per heavy atom. The van der Waals surface area contributed by atoms with Crippen LogP contribution < -0.4 is 11.1 Å². The van der Waals surface area contributed by atoms with Gasteiger partial charge in [0.1, 0.15) is 0 Å². The second-order valence-corrected chi connectivity index (χ2v) is 5.24. The highest BCUT2D eigenvalue weighted by molar-refractivity contribution is 5.98. The molecule has 0 aliphatic heterocycles. The number of esters is 1. The van der Waals surface area contributed by atoms with Gasteiger partial charge in [0.05, 0.1) is 17.1 Å². The number of nitro benzene ring substituents is 1. The van der Waals surface area contributed by atoms with Crippen LogP contribution in [0.2, 0.25) is 0 Å². The fraction of sp³-hybridized carbons (Fsp3) is 0.176. The third-order valence-electron chi connectivity index (χ3n) is 3.45. The van der Waals surface area contributed by atoms with Gasteiger partial charge in [0, 0.05) is 29.9 Å². The number of nitrogens with zero attached hydrogens (tertiary/aromatic N) is 1. The molecule has 9 heteroatoms. The molecule has 1 atom stereocenters. The molecule has 4 N–H and O–H groups in total. The maximum absolute atomic E-state index is 12.5. The van der Waals surface area contributed by atoms with Crippen molar-refractivity contribution in [3.05, 3.63) is 69.8 Å². The van der Waals surface area contributed by atoms with Crippen LogP contribution in [0.25, 0.3) is 0 Å². The van der Waals surface area contributed by atoms with Gasteiger partial charge in [-0.1, -0.05) is 30.3 Å². The zero-order valence-corrected chi connectivity index (χ0v) is 13.6. The number of aliphatic hydroxyl groups is 1. The number of nitrogens with two attached hydrogens (primary N) is 1. The summed E-state index contributed by atoms with van der Waals surface area (Å²) < 4.78 is 5.20. The Bertz CT molecular complexity index is 809. The quantitative estimate of drug-likeness (QED) is 0.367. The van der Waals surface area contributed by atoms with Crippen molar-refractivity contribution in [2.75, 3.05) is 18.5 Å². The van der Waals surface area contributed by atoms with E-state index >= 15 is 0 Å². The molecule has 0 spiro atoms. The minimum Gasteiger partial charge on any atom is -0.444 e. The first-order valence-corrected chi connectivity index (χ1v) is 7.62. The Kier molecular flexibility index (Phi) is 6.23. The summed E-state index contributed by atoms with van der Waals surface area (Å²) in [5, 5.41) is 22.7. The van der Waals surface area contributed by atoms with E-state index in [-0.39, 0.29) is 30.1 Å². The van der Waals surface area contributed by atoms with E-state index < -0.39 is 22.9 Å². The lowest BCUT2D eigenvalue weighted by Crippen LogP contribution is -2.26. The first-order chi connectivity index (χ1) is 12.4. The molecule has 0 fully saturated rings. The lowest BCUT2D eigenvalue weighted by atomic mass is 10.1. The molecule has 2 aromatic rings. The Morgan fingerprint density at radius 3 is 2.50 bits per heavy atom. The number of carbonyl (C=O) groups is 2.